The zero-order chi connectivity index (χ0) is 18.0. The van der Waals surface area contributed by atoms with Crippen molar-refractivity contribution in [2.24, 2.45) is 17.3 Å². The smallest absolute Gasteiger partial charge is 0.336 e. The van der Waals surface area contributed by atoms with Gasteiger partial charge in [-0.25, -0.2) is 4.79 Å². The van der Waals surface area contributed by atoms with Crippen LogP contribution in [0.25, 0.3) is 0 Å². The fourth-order valence-electron chi connectivity index (χ4n) is 4.84. The van der Waals surface area contributed by atoms with Gasteiger partial charge in [-0.3, -0.25) is 9.59 Å². The summed E-state index contributed by atoms with van der Waals surface area (Å²) in [7, 11) is 0. The van der Waals surface area contributed by atoms with Crippen molar-refractivity contribution in [3.63, 3.8) is 0 Å². The average molecular weight is 338 g/mol. The molecule has 0 aromatic rings. The number of aliphatic hydroxyl groups excluding tert-OH is 1. The van der Waals surface area contributed by atoms with Crippen LogP contribution >= 0.6 is 0 Å². The summed E-state index contributed by atoms with van der Waals surface area (Å²) < 4.78 is 10.6. The molecule has 24 heavy (non-hydrogen) atoms. The van der Waals surface area contributed by atoms with Gasteiger partial charge in [0.15, 0.2) is 0 Å². The Labute approximate surface area is 139 Å². The van der Waals surface area contributed by atoms with Crippen LogP contribution in [0.3, 0.4) is 0 Å². The van der Waals surface area contributed by atoms with Crippen LogP contribution in [0.4, 0.5) is 0 Å². The monoisotopic (exact) mass is 338 g/mol. The second kappa shape index (κ2) is 5.13. The standard InChI is InChI=1S/C17H22O7/c1-7-10(19)5-6-16(4)13(7)17(22)11(8(2)15(21)24-17)12(20)14(16)23-9(3)18/h7,12-14,20,22H,5-6H2,1-4H3/t7-,12+,13+,14+,16+,17-/m1/s1. The number of aliphatic hydroxyl groups is 2. The van der Waals surface area contributed by atoms with E-state index >= 15 is 0 Å². The highest BCUT2D eigenvalue weighted by Crippen LogP contribution is 2.60. The van der Waals surface area contributed by atoms with E-state index < -0.39 is 47.2 Å². The Morgan fingerprint density at radius 3 is 2.58 bits per heavy atom. The first-order valence-corrected chi connectivity index (χ1v) is 8.09. The Bertz CT molecular complexity index is 666. The number of hydrogen-bond donors (Lipinski definition) is 2. The second-order valence-corrected chi connectivity index (χ2v) is 7.34. The van der Waals surface area contributed by atoms with Crippen LogP contribution in [0.5, 0.6) is 0 Å². The van der Waals surface area contributed by atoms with Crippen LogP contribution in [0.15, 0.2) is 11.1 Å². The van der Waals surface area contributed by atoms with Gasteiger partial charge in [-0.05, 0) is 13.3 Å². The van der Waals surface area contributed by atoms with Crippen molar-refractivity contribution >= 4 is 17.7 Å². The zero-order valence-electron chi connectivity index (χ0n) is 14.2. The number of carbonyl (C=O) groups excluding carboxylic acids is 3. The number of hydrogen-bond acceptors (Lipinski definition) is 7. The summed E-state index contributed by atoms with van der Waals surface area (Å²) in [6, 6.07) is 0. The van der Waals surface area contributed by atoms with Gasteiger partial charge >= 0.3 is 11.9 Å². The van der Waals surface area contributed by atoms with Gasteiger partial charge < -0.3 is 19.7 Å². The molecule has 2 saturated carbocycles. The molecule has 7 nitrogen and oxygen atoms in total. The Morgan fingerprint density at radius 2 is 2.00 bits per heavy atom. The Morgan fingerprint density at radius 1 is 1.38 bits per heavy atom. The van der Waals surface area contributed by atoms with Gasteiger partial charge in [0.05, 0.1) is 0 Å². The van der Waals surface area contributed by atoms with Crippen molar-refractivity contribution in [3.05, 3.63) is 11.1 Å². The molecule has 0 bridgehead atoms. The third-order valence-electron chi connectivity index (χ3n) is 5.92. The summed E-state index contributed by atoms with van der Waals surface area (Å²) in [4.78, 5) is 35.9. The quantitative estimate of drug-likeness (QED) is 0.669. The van der Waals surface area contributed by atoms with E-state index in [4.69, 9.17) is 9.47 Å². The minimum absolute atomic E-state index is 0.00257. The van der Waals surface area contributed by atoms with Gasteiger partial charge in [-0.15, -0.1) is 0 Å². The number of fused-ring (bicyclic) bond motifs is 3. The van der Waals surface area contributed by atoms with Crippen molar-refractivity contribution in [1.82, 2.24) is 0 Å². The highest BCUT2D eigenvalue weighted by Gasteiger charge is 2.70. The molecule has 3 rings (SSSR count). The minimum Gasteiger partial charge on any atom is -0.459 e. The van der Waals surface area contributed by atoms with Gasteiger partial charge in [0, 0.05) is 41.7 Å². The van der Waals surface area contributed by atoms with Crippen LogP contribution in [0, 0.1) is 17.3 Å². The van der Waals surface area contributed by atoms with Crippen LogP contribution < -0.4 is 0 Å². The normalized spacial score (nSPS) is 44.8. The molecule has 0 saturated heterocycles. The number of Topliss-reactive ketones (excluding diaryl/α,β-unsaturated/α-hetero) is 1. The molecule has 6 atom stereocenters. The average Bonchev–Trinajstić information content (AvgIpc) is 2.70. The van der Waals surface area contributed by atoms with Gasteiger partial charge in [0.2, 0.25) is 5.79 Å². The van der Waals surface area contributed by atoms with E-state index in [-0.39, 0.29) is 23.4 Å². The molecule has 0 aromatic heterocycles. The maximum absolute atomic E-state index is 12.3. The summed E-state index contributed by atoms with van der Waals surface area (Å²) in [6.07, 6.45) is -1.76. The van der Waals surface area contributed by atoms with E-state index in [1.165, 1.54) is 13.8 Å². The molecule has 3 aliphatic rings. The van der Waals surface area contributed by atoms with Crippen LogP contribution in [0.2, 0.25) is 0 Å². The van der Waals surface area contributed by atoms with Gasteiger partial charge in [0.25, 0.3) is 0 Å². The second-order valence-electron chi connectivity index (χ2n) is 7.34. The predicted molar refractivity (Wildman–Crippen MR) is 80.3 cm³/mol. The lowest BCUT2D eigenvalue weighted by atomic mass is 9.51. The van der Waals surface area contributed by atoms with Gasteiger partial charge in [-0.2, -0.15) is 0 Å². The molecule has 2 aliphatic carbocycles. The first-order valence-electron chi connectivity index (χ1n) is 8.09. The first kappa shape index (κ1) is 17.1. The lowest BCUT2D eigenvalue weighted by molar-refractivity contribution is -0.274. The summed E-state index contributed by atoms with van der Waals surface area (Å²) in [5.41, 5.74) is -0.807. The number of ether oxygens (including phenoxy) is 2. The molecule has 0 amide bonds. The predicted octanol–water partition coefficient (Wildman–Crippen LogP) is 0.476. The van der Waals surface area contributed by atoms with Crippen LogP contribution in [-0.4, -0.2) is 45.9 Å². The highest BCUT2D eigenvalue weighted by molar-refractivity contribution is 5.93. The molecule has 2 fully saturated rings. The molecular weight excluding hydrogens is 316 g/mol. The molecule has 0 unspecified atom stereocenters. The molecule has 1 heterocycles. The number of ketones is 1. The number of carbonyl (C=O) groups is 3. The van der Waals surface area contributed by atoms with E-state index in [9.17, 15) is 24.6 Å². The lowest BCUT2D eigenvalue weighted by Crippen LogP contribution is -2.67. The van der Waals surface area contributed by atoms with Crippen molar-refractivity contribution in [1.29, 1.82) is 0 Å². The fraction of sp³-hybridized carbons (Fsp3) is 0.706. The van der Waals surface area contributed by atoms with Crippen molar-refractivity contribution in [3.8, 4) is 0 Å². The summed E-state index contributed by atoms with van der Waals surface area (Å²) >= 11 is 0. The summed E-state index contributed by atoms with van der Waals surface area (Å²) in [5.74, 6) is -4.81. The Balaban J connectivity index is 2.21. The van der Waals surface area contributed by atoms with Crippen LogP contribution in [-0.2, 0) is 23.9 Å². The summed E-state index contributed by atoms with van der Waals surface area (Å²) in [5, 5.41) is 22.0. The first-order chi connectivity index (χ1) is 11.0. The SMILES string of the molecule is CC(=O)O[C@H]1[C@@H](O)C2=C(C)C(=O)O[C@@]2(O)[C@H]2[C@H](C)C(=O)CC[C@]12C. The fourth-order valence-corrected chi connectivity index (χ4v) is 4.84. The largest absolute Gasteiger partial charge is 0.459 e. The Hall–Kier alpha value is -1.73. The van der Waals surface area contributed by atoms with Crippen molar-refractivity contribution in [2.75, 3.05) is 0 Å². The third kappa shape index (κ3) is 2.01. The Kier molecular flexibility index (Phi) is 3.66. The molecule has 7 heteroatoms. The molecule has 1 aliphatic heterocycles. The van der Waals surface area contributed by atoms with Crippen molar-refractivity contribution < 1.29 is 34.1 Å². The van der Waals surface area contributed by atoms with Gasteiger partial charge in [-0.1, -0.05) is 13.8 Å². The number of rotatable bonds is 1. The zero-order valence-corrected chi connectivity index (χ0v) is 14.2. The molecule has 0 spiro atoms. The lowest BCUT2D eigenvalue weighted by Gasteiger charge is -2.57. The molecular formula is C17H22O7. The molecule has 132 valence electrons. The van der Waals surface area contributed by atoms with E-state index in [0.717, 1.165) is 0 Å². The molecule has 2 N–H and O–H groups in total. The third-order valence-corrected chi connectivity index (χ3v) is 5.92. The van der Waals surface area contributed by atoms with E-state index in [2.05, 4.69) is 0 Å². The summed E-state index contributed by atoms with van der Waals surface area (Å²) in [6.45, 7) is 6.11. The van der Waals surface area contributed by atoms with E-state index in [1.807, 2.05) is 0 Å². The maximum Gasteiger partial charge on any atom is 0.336 e. The topological polar surface area (TPSA) is 110 Å². The molecule has 0 aromatic carbocycles. The minimum atomic E-state index is -2.05. The van der Waals surface area contributed by atoms with E-state index in [0.29, 0.717) is 6.42 Å². The van der Waals surface area contributed by atoms with Crippen molar-refractivity contribution in [2.45, 2.75) is 58.5 Å². The molecule has 0 radical (unpaired) electrons. The maximum atomic E-state index is 12.3. The highest BCUT2D eigenvalue weighted by atomic mass is 16.7. The number of esters is 2. The van der Waals surface area contributed by atoms with E-state index in [1.54, 1.807) is 13.8 Å². The van der Waals surface area contributed by atoms with Gasteiger partial charge in [0.1, 0.15) is 18.0 Å². The van der Waals surface area contributed by atoms with Crippen LogP contribution in [0.1, 0.15) is 40.5 Å².